The van der Waals surface area contributed by atoms with E-state index in [0.29, 0.717) is 17.9 Å². The van der Waals surface area contributed by atoms with Crippen molar-refractivity contribution in [3.8, 4) is 0 Å². The predicted octanol–water partition coefficient (Wildman–Crippen LogP) is 4.07. The second-order valence-electron chi connectivity index (χ2n) is 10.7. The van der Waals surface area contributed by atoms with Gasteiger partial charge in [-0.25, -0.2) is 14.8 Å². The van der Waals surface area contributed by atoms with Gasteiger partial charge in [0.05, 0.1) is 12.8 Å². The summed E-state index contributed by atoms with van der Waals surface area (Å²) in [6.45, 7) is 5.10. The number of hydrogen-bond donors (Lipinski definition) is 5. The van der Waals surface area contributed by atoms with Gasteiger partial charge < -0.3 is 25.7 Å². The number of aliphatic carboxylic acids is 3. The first-order valence-electron chi connectivity index (χ1n) is 13.1. The fourth-order valence-electron chi connectivity index (χ4n) is 5.59. The number of fused-ring (bicyclic) bond motifs is 1. The van der Waals surface area contributed by atoms with Crippen LogP contribution in [0.1, 0.15) is 81.2 Å². The maximum Gasteiger partial charge on any atom is 0.336 e. The molecule has 11 heteroatoms. The van der Waals surface area contributed by atoms with Gasteiger partial charge in [0.2, 0.25) is 0 Å². The summed E-state index contributed by atoms with van der Waals surface area (Å²) in [4.78, 5) is 39.5. The quantitative estimate of drug-likeness (QED) is 0.285. The minimum Gasteiger partial charge on any atom is -0.481 e. The van der Waals surface area contributed by atoms with Crippen LogP contribution in [0.25, 0.3) is 0 Å². The minimum absolute atomic E-state index is 0.376. The van der Waals surface area contributed by atoms with Crippen molar-refractivity contribution in [2.24, 2.45) is 11.8 Å². The summed E-state index contributed by atoms with van der Waals surface area (Å²) in [5.41, 5.74) is -0.137. The zero-order valence-corrected chi connectivity index (χ0v) is 22.8. The minimum atomic E-state index is -2.74. The summed E-state index contributed by atoms with van der Waals surface area (Å²) in [5.74, 6) is -1.49. The smallest absolute Gasteiger partial charge is 0.336 e. The molecule has 212 valence electrons. The van der Waals surface area contributed by atoms with Crippen LogP contribution < -0.4 is 5.32 Å². The zero-order chi connectivity index (χ0) is 28.7. The number of rotatable bonds is 10. The van der Waals surface area contributed by atoms with Crippen LogP contribution in [0.15, 0.2) is 36.7 Å². The van der Waals surface area contributed by atoms with Crippen molar-refractivity contribution in [1.29, 1.82) is 0 Å². The molecule has 1 aromatic carbocycles. The molecule has 5 N–H and O–H groups in total. The highest BCUT2D eigenvalue weighted by Gasteiger charge is 2.50. The molecule has 0 aliphatic heterocycles. The number of carboxylic acids is 3. The summed E-state index contributed by atoms with van der Waals surface area (Å²) in [6.07, 6.45) is 7.13. The van der Waals surface area contributed by atoms with Crippen molar-refractivity contribution < 1.29 is 34.8 Å². The maximum atomic E-state index is 10.3. The van der Waals surface area contributed by atoms with Gasteiger partial charge >= 0.3 is 17.9 Å². The Bertz CT molecular complexity index is 1120. The molecule has 2 unspecified atom stereocenters. The molecule has 2 aromatic rings. The first-order valence-corrected chi connectivity index (χ1v) is 13.5. The molecule has 39 heavy (non-hydrogen) atoms. The Balaban J connectivity index is 0.000000276. The molecule has 2 fully saturated rings. The van der Waals surface area contributed by atoms with Crippen molar-refractivity contribution in [1.82, 2.24) is 15.3 Å². The standard InChI is InChI=1S/C22H28ClN3.C6H8O7/c1-14(2)22-25-12-15(13-26-22)11-24-21-19-6-4-3-5-18(19)20(21)16-7-9-17(23)10-8-16;7-3(8)1-6(13,5(11)12)2-4(9)10/h7-10,12-14,18-21,24H,3-6,11H2,1-2H3;13H,1-2H2,(H,7,8)(H,9,10)(H,11,12)/t18?,19?,20-,21-;/m1./s1. The van der Waals surface area contributed by atoms with E-state index in [1.54, 1.807) is 0 Å². The SMILES string of the molecule is CC(C)c1ncc(CN[C@@H]2C3CCCCC3[C@H]2c2ccc(Cl)cc2)cn1.O=C(O)CC(O)(CC(=O)O)C(=O)O. The van der Waals surface area contributed by atoms with Gasteiger partial charge in [-0.2, -0.15) is 0 Å². The van der Waals surface area contributed by atoms with Crippen LogP contribution in [0, 0.1) is 11.8 Å². The van der Waals surface area contributed by atoms with Gasteiger partial charge in [0.15, 0.2) is 5.60 Å². The van der Waals surface area contributed by atoms with Gasteiger partial charge in [-0.1, -0.05) is 50.4 Å². The summed E-state index contributed by atoms with van der Waals surface area (Å²) in [5, 5.41) is 38.5. The Labute approximate surface area is 232 Å². The number of benzene rings is 1. The number of nitrogens with one attached hydrogen (secondary N) is 1. The molecular formula is C28H36ClN3O7. The third-order valence-corrected chi connectivity index (χ3v) is 7.76. The lowest BCUT2D eigenvalue weighted by Crippen LogP contribution is -2.57. The number of carboxylic acid groups (broad SMARTS) is 3. The van der Waals surface area contributed by atoms with Gasteiger partial charge in [0, 0.05) is 47.4 Å². The van der Waals surface area contributed by atoms with Crippen LogP contribution >= 0.6 is 11.6 Å². The van der Waals surface area contributed by atoms with Crippen LogP contribution in [0.2, 0.25) is 5.02 Å². The van der Waals surface area contributed by atoms with Gasteiger partial charge in [-0.05, 0) is 42.4 Å². The van der Waals surface area contributed by atoms with Gasteiger partial charge in [-0.3, -0.25) is 9.59 Å². The van der Waals surface area contributed by atoms with Crippen LogP contribution in [-0.4, -0.2) is 59.9 Å². The lowest BCUT2D eigenvalue weighted by Gasteiger charge is -2.55. The van der Waals surface area contributed by atoms with Crippen LogP contribution in [0.3, 0.4) is 0 Å². The van der Waals surface area contributed by atoms with Crippen molar-refractivity contribution >= 4 is 29.5 Å². The fourth-order valence-corrected chi connectivity index (χ4v) is 5.71. The Morgan fingerprint density at radius 1 is 0.974 bits per heavy atom. The summed E-state index contributed by atoms with van der Waals surface area (Å²) >= 11 is 6.10. The predicted molar refractivity (Wildman–Crippen MR) is 143 cm³/mol. The summed E-state index contributed by atoms with van der Waals surface area (Å²) < 4.78 is 0. The average Bonchev–Trinajstić information content (AvgIpc) is 2.85. The monoisotopic (exact) mass is 561 g/mol. The number of nitrogens with zero attached hydrogens (tertiary/aromatic N) is 2. The second-order valence-corrected chi connectivity index (χ2v) is 11.1. The molecule has 0 spiro atoms. The molecule has 4 atom stereocenters. The van der Waals surface area contributed by atoms with Gasteiger partial charge in [-0.15, -0.1) is 0 Å². The van der Waals surface area contributed by atoms with E-state index in [9.17, 15) is 14.4 Å². The summed E-state index contributed by atoms with van der Waals surface area (Å²) in [7, 11) is 0. The topological polar surface area (TPSA) is 170 Å². The zero-order valence-electron chi connectivity index (χ0n) is 22.1. The normalized spacial score (nSPS) is 22.2. The largest absolute Gasteiger partial charge is 0.481 e. The summed E-state index contributed by atoms with van der Waals surface area (Å²) in [6, 6.07) is 9.04. The van der Waals surface area contributed by atoms with Crippen molar-refractivity contribution in [3.63, 3.8) is 0 Å². The number of aliphatic hydroxyl groups is 1. The molecule has 0 radical (unpaired) electrons. The Hall–Kier alpha value is -3.08. The van der Waals surface area contributed by atoms with Crippen LogP contribution in [0.5, 0.6) is 0 Å². The van der Waals surface area contributed by atoms with E-state index in [2.05, 4.69) is 41.3 Å². The molecule has 2 aliphatic carbocycles. The lowest BCUT2D eigenvalue weighted by molar-refractivity contribution is -0.170. The van der Waals surface area contributed by atoms with E-state index in [4.69, 9.17) is 32.0 Å². The number of hydrogen-bond acceptors (Lipinski definition) is 7. The number of carbonyl (C=O) groups is 3. The maximum absolute atomic E-state index is 10.3. The van der Waals surface area contributed by atoms with Crippen molar-refractivity contribution in [2.75, 3.05) is 0 Å². The van der Waals surface area contributed by atoms with E-state index in [0.717, 1.165) is 29.2 Å². The van der Waals surface area contributed by atoms with Crippen molar-refractivity contribution in [2.45, 2.75) is 82.4 Å². The molecule has 10 nitrogen and oxygen atoms in total. The van der Waals surface area contributed by atoms with E-state index in [-0.39, 0.29) is 0 Å². The molecule has 4 rings (SSSR count). The average molecular weight is 562 g/mol. The molecular weight excluding hydrogens is 526 g/mol. The highest BCUT2D eigenvalue weighted by molar-refractivity contribution is 6.30. The van der Waals surface area contributed by atoms with E-state index >= 15 is 0 Å². The molecule has 2 aliphatic rings. The van der Waals surface area contributed by atoms with Crippen LogP contribution in [0.4, 0.5) is 0 Å². The molecule has 1 aromatic heterocycles. The highest BCUT2D eigenvalue weighted by atomic mass is 35.5. The Kier molecular flexibility index (Phi) is 10.4. The second kappa shape index (κ2) is 13.3. The molecule has 0 amide bonds. The third kappa shape index (κ3) is 7.97. The Morgan fingerprint density at radius 3 is 2.00 bits per heavy atom. The molecule has 0 bridgehead atoms. The lowest BCUT2D eigenvalue weighted by atomic mass is 9.53. The van der Waals surface area contributed by atoms with E-state index in [1.807, 2.05) is 24.5 Å². The molecule has 2 saturated carbocycles. The third-order valence-electron chi connectivity index (χ3n) is 7.51. The van der Waals surface area contributed by atoms with E-state index in [1.165, 1.54) is 36.8 Å². The van der Waals surface area contributed by atoms with E-state index < -0.39 is 36.4 Å². The highest BCUT2D eigenvalue weighted by Crippen LogP contribution is 2.54. The first-order chi connectivity index (χ1) is 18.4. The number of halogens is 1. The number of aromatic nitrogens is 2. The Morgan fingerprint density at radius 2 is 1.51 bits per heavy atom. The molecule has 0 saturated heterocycles. The van der Waals surface area contributed by atoms with Gasteiger partial charge in [0.1, 0.15) is 5.82 Å². The first kappa shape index (κ1) is 30.5. The molecule has 1 heterocycles. The fraction of sp³-hybridized carbons (Fsp3) is 0.536. The van der Waals surface area contributed by atoms with Crippen LogP contribution in [-0.2, 0) is 20.9 Å². The van der Waals surface area contributed by atoms with Gasteiger partial charge in [0.25, 0.3) is 0 Å². The van der Waals surface area contributed by atoms with Crippen molar-refractivity contribution in [3.05, 3.63) is 58.6 Å².